The molecule has 0 aliphatic heterocycles. The average molecular weight is 380 g/mol. The van der Waals surface area contributed by atoms with Gasteiger partial charge in [-0.15, -0.1) is 13.2 Å². The highest BCUT2D eigenvalue weighted by Crippen LogP contribution is 2.49. The third-order valence-electron chi connectivity index (χ3n) is 4.71. The molecule has 1 aliphatic carbocycles. The van der Waals surface area contributed by atoms with E-state index in [9.17, 15) is 18.0 Å². The predicted octanol–water partition coefficient (Wildman–Crippen LogP) is 4.22. The van der Waals surface area contributed by atoms with Crippen LogP contribution in [0.15, 0.2) is 36.7 Å². The second-order valence-corrected chi connectivity index (χ2v) is 6.46. The normalized spacial score (nSPS) is 15.7. The highest BCUT2D eigenvalue weighted by atomic mass is 19.4. The van der Waals surface area contributed by atoms with Gasteiger partial charge in [0.05, 0.1) is 12.2 Å². The molecule has 1 aliphatic rings. The Kier molecular flexibility index (Phi) is 5.34. The number of carbonyl (C=O) groups excluding carboxylic acids is 1. The largest absolute Gasteiger partial charge is 0.573 e. The lowest BCUT2D eigenvalue weighted by atomic mass is 9.62. The second-order valence-electron chi connectivity index (χ2n) is 6.46. The number of benzene rings is 1. The highest BCUT2D eigenvalue weighted by molar-refractivity contribution is 5.88. The van der Waals surface area contributed by atoms with Crippen LogP contribution in [0, 0.1) is 0 Å². The van der Waals surface area contributed by atoms with Crippen molar-refractivity contribution in [2.75, 3.05) is 6.61 Å². The van der Waals surface area contributed by atoms with Gasteiger partial charge in [0.2, 0.25) is 0 Å². The first kappa shape index (κ1) is 19.1. The van der Waals surface area contributed by atoms with Gasteiger partial charge in [-0.25, -0.2) is 14.8 Å². The first-order valence-electron chi connectivity index (χ1n) is 8.66. The fourth-order valence-electron chi connectivity index (χ4n) is 3.33. The third kappa shape index (κ3) is 4.37. The summed E-state index contributed by atoms with van der Waals surface area (Å²) in [6.45, 7) is 1.95. The van der Waals surface area contributed by atoms with Crippen LogP contribution in [0.25, 0.3) is 0 Å². The van der Waals surface area contributed by atoms with E-state index in [-0.39, 0.29) is 17.9 Å². The van der Waals surface area contributed by atoms with E-state index >= 15 is 0 Å². The van der Waals surface area contributed by atoms with Crippen molar-refractivity contribution in [3.05, 3.63) is 53.6 Å². The molecule has 0 radical (unpaired) electrons. The van der Waals surface area contributed by atoms with Crippen LogP contribution in [0.3, 0.4) is 0 Å². The summed E-state index contributed by atoms with van der Waals surface area (Å²) in [5.41, 5.74) is 0.239. The Morgan fingerprint density at radius 3 is 2.41 bits per heavy atom. The zero-order valence-electron chi connectivity index (χ0n) is 14.8. The molecule has 1 aromatic heterocycles. The van der Waals surface area contributed by atoms with E-state index in [1.807, 2.05) is 0 Å². The molecule has 1 fully saturated rings. The van der Waals surface area contributed by atoms with Crippen LogP contribution >= 0.6 is 0 Å². The van der Waals surface area contributed by atoms with E-state index in [0.717, 1.165) is 6.42 Å². The Labute approximate surface area is 154 Å². The van der Waals surface area contributed by atoms with Crippen molar-refractivity contribution in [3.63, 3.8) is 0 Å². The van der Waals surface area contributed by atoms with Crippen molar-refractivity contribution >= 4 is 5.97 Å². The van der Waals surface area contributed by atoms with E-state index in [2.05, 4.69) is 14.7 Å². The van der Waals surface area contributed by atoms with Crippen LogP contribution in [0.2, 0.25) is 0 Å². The number of hydrogen-bond donors (Lipinski definition) is 0. The molecule has 5 nitrogen and oxygen atoms in total. The van der Waals surface area contributed by atoms with Crippen LogP contribution < -0.4 is 4.74 Å². The molecule has 0 atom stereocenters. The van der Waals surface area contributed by atoms with Gasteiger partial charge in [-0.2, -0.15) is 0 Å². The van der Waals surface area contributed by atoms with E-state index < -0.39 is 17.7 Å². The van der Waals surface area contributed by atoms with Gasteiger partial charge >= 0.3 is 12.3 Å². The zero-order chi connectivity index (χ0) is 19.5. The minimum Gasteiger partial charge on any atom is -0.462 e. The molecule has 2 aromatic rings. The Morgan fingerprint density at radius 1 is 1.19 bits per heavy atom. The highest BCUT2D eigenvalue weighted by Gasteiger charge is 2.43. The Morgan fingerprint density at radius 2 is 1.85 bits per heavy atom. The summed E-state index contributed by atoms with van der Waals surface area (Å²) in [7, 11) is 0. The lowest BCUT2D eigenvalue weighted by Crippen LogP contribution is -2.38. The molecule has 1 saturated carbocycles. The summed E-state index contributed by atoms with van der Waals surface area (Å²) in [6.07, 6.45) is 0.715. The molecule has 0 unspecified atom stereocenters. The van der Waals surface area contributed by atoms with Gasteiger partial charge in [-0.05, 0) is 25.8 Å². The van der Waals surface area contributed by atoms with Crippen molar-refractivity contribution in [1.29, 1.82) is 0 Å². The summed E-state index contributed by atoms with van der Waals surface area (Å²) in [5, 5.41) is 0. The van der Waals surface area contributed by atoms with Crippen molar-refractivity contribution in [1.82, 2.24) is 9.97 Å². The summed E-state index contributed by atoms with van der Waals surface area (Å²) < 4.78 is 47.4. The molecule has 3 rings (SSSR count). The number of para-hydroxylation sites is 1. The van der Waals surface area contributed by atoms with E-state index in [0.29, 0.717) is 30.7 Å². The number of hydrogen-bond acceptors (Lipinski definition) is 5. The zero-order valence-corrected chi connectivity index (χ0v) is 14.8. The number of carbonyl (C=O) groups is 1. The number of esters is 1. The molecule has 0 bridgehead atoms. The first-order valence-corrected chi connectivity index (χ1v) is 8.66. The van der Waals surface area contributed by atoms with Gasteiger partial charge in [0.1, 0.15) is 11.6 Å². The molecule has 0 saturated heterocycles. The fourth-order valence-corrected chi connectivity index (χ4v) is 3.33. The topological polar surface area (TPSA) is 61.3 Å². The maximum atomic E-state index is 12.8. The number of alkyl halides is 3. The molecule has 8 heteroatoms. The van der Waals surface area contributed by atoms with Crippen molar-refractivity contribution in [2.24, 2.45) is 0 Å². The van der Waals surface area contributed by atoms with Gasteiger partial charge < -0.3 is 9.47 Å². The number of halogens is 3. The van der Waals surface area contributed by atoms with Crippen molar-refractivity contribution < 1.29 is 27.4 Å². The SMILES string of the molecule is CCOC(=O)c1cnc(CC2(c3ccccc3OC(F)(F)F)CCC2)nc1. The van der Waals surface area contributed by atoms with Gasteiger partial charge in [-0.3, -0.25) is 0 Å². The molecule has 27 heavy (non-hydrogen) atoms. The number of aromatic nitrogens is 2. The summed E-state index contributed by atoms with van der Waals surface area (Å²) >= 11 is 0. The van der Waals surface area contributed by atoms with Gasteiger partial charge in [0.15, 0.2) is 0 Å². The third-order valence-corrected chi connectivity index (χ3v) is 4.71. The smallest absolute Gasteiger partial charge is 0.462 e. The molecular formula is C19H19F3N2O3. The van der Waals surface area contributed by atoms with Gasteiger partial charge in [0.25, 0.3) is 0 Å². The Hall–Kier alpha value is -2.64. The second kappa shape index (κ2) is 7.54. The maximum absolute atomic E-state index is 12.8. The Bertz CT molecular complexity index is 803. The van der Waals surface area contributed by atoms with Crippen LogP contribution in [0.5, 0.6) is 5.75 Å². The van der Waals surface area contributed by atoms with Crippen LogP contribution in [-0.4, -0.2) is 28.9 Å². The van der Waals surface area contributed by atoms with Crippen molar-refractivity contribution in [2.45, 2.75) is 44.4 Å². The first-order chi connectivity index (χ1) is 12.8. The van der Waals surface area contributed by atoms with Crippen LogP contribution in [-0.2, 0) is 16.6 Å². The molecule has 1 aromatic carbocycles. The molecule has 0 N–H and O–H groups in total. The minimum absolute atomic E-state index is 0.187. The van der Waals surface area contributed by atoms with Gasteiger partial charge in [0, 0.05) is 29.8 Å². The predicted molar refractivity (Wildman–Crippen MR) is 90.3 cm³/mol. The Balaban J connectivity index is 1.84. The molecule has 0 amide bonds. The molecule has 1 heterocycles. The monoisotopic (exact) mass is 380 g/mol. The minimum atomic E-state index is -4.75. The van der Waals surface area contributed by atoms with E-state index in [1.165, 1.54) is 24.5 Å². The fraction of sp³-hybridized carbons (Fsp3) is 0.421. The standard InChI is InChI=1S/C19H19F3N2O3/c1-2-26-17(25)13-11-23-16(24-12-13)10-18(8-5-9-18)14-6-3-4-7-15(14)27-19(20,21)22/h3-4,6-7,11-12H,2,5,8-10H2,1H3. The molecular weight excluding hydrogens is 361 g/mol. The number of rotatable bonds is 6. The average Bonchev–Trinajstić information content (AvgIpc) is 2.58. The lowest BCUT2D eigenvalue weighted by molar-refractivity contribution is -0.275. The van der Waals surface area contributed by atoms with Crippen molar-refractivity contribution in [3.8, 4) is 5.75 Å². The summed E-state index contributed by atoms with van der Waals surface area (Å²) in [5.74, 6) is -0.233. The summed E-state index contributed by atoms with van der Waals surface area (Å²) in [4.78, 5) is 20.1. The maximum Gasteiger partial charge on any atom is 0.573 e. The van der Waals surface area contributed by atoms with Crippen LogP contribution in [0.1, 0.15) is 47.9 Å². The van der Waals surface area contributed by atoms with Crippen LogP contribution in [0.4, 0.5) is 13.2 Å². The lowest BCUT2D eigenvalue weighted by Gasteiger charge is -2.42. The van der Waals surface area contributed by atoms with E-state index in [1.54, 1.807) is 19.1 Å². The number of ether oxygens (including phenoxy) is 2. The quantitative estimate of drug-likeness (QED) is 0.703. The van der Waals surface area contributed by atoms with E-state index in [4.69, 9.17) is 4.74 Å². The van der Waals surface area contributed by atoms with Gasteiger partial charge in [-0.1, -0.05) is 24.6 Å². The number of nitrogens with zero attached hydrogens (tertiary/aromatic N) is 2. The molecule has 0 spiro atoms. The summed E-state index contributed by atoms with van der Waals surface area (Å²) in [6, 6.07) is 6.20. The molecule has 144 valence electrons.